The lowest BCUT2D eigenvalue weighted by molar-refractivity contribution is -0.113. The second-order valence-corrected chi connectivity index (χ2v) is 10.2. The van der Waals surface area contributed by atoms with Crippen LogP contribution in [-0.2, 0) is 29.4 Å². The fourth-order valence-electron chi connectivity index (χ4n) is 4.15. The van der Waals surface area contributed by atoms with Crippen LogP contribution >= 0.6 is 23.1 Å². The van der Waals surface area contributed by atoms with Gasteiger partial charge in [0.15, 0.2) is 11.0 Å². The van der Waals surface area contributed by atoms with Crippen molar-refractivity contribution < 1.29 is 19.1 Å². The molecule has 186 valence electrons. The Morgan fingerprint density at radius 1 is 1.11 bits per heavy atom. The normalized spacial score (nSPS) is 13.1. The van der Waals surface area contributed by atoms with Crippen LogP contribution in [0.5, 0.6) is 5.75 Å². The molecular formula is C25H30N4O4S2. The molecule has 4 rings (SSSR count). The van der Waals surface area contributed by atoms with Crippen LogP contribution in [0.4, 0.5) is 5.00 Å². The molecule has 10 heteroatoms. The highest BCUT2D eigenvalue weighted by atomic mass is 32.2. The fraction of sp³-hybridized carbons (Fsp3) is 0.440. The Morgan fingerprint density at radius 2 is 1.91 bits per heavy atom. The second-order valence-electron chi connectivity index (χ2n) is 8.12. The maximum absolute atomic E-state index is 12.9. The molecule has 1 N–H and O–H groups in total. The predicted octanol–water partition coefficient (Wildman–Crippen LogP) is 5.12. The molecule has 0 atom stereocenters. The number of esters is 1. The molecular weight excluding hydrogens is 484 g/mol. The lowest BCUT2D eigenvalue weighted by Gasteiger charge is -2.10. The zero-order valence-electron chi connectivity index (χ0n) is 20.3. The van der Waals surface area contributed by atoms with Crippen molar-refractivity contribution in [3.63, 3.8) is 0 Å². The van der Waals surface area contributed by atoms with Gasteiger partial charge in [-0.2, -0.15) is 0 Å². The highest BCUT2D eigenvalue weighted by molar-refractivity contribution is 7.99. The number of anilines is 1. The van der Waals surface area contributed by atoms with E-state index in [-0.39, 0.29) is 17.6 Å². The van der Waals surface area contributed by atoms with E-state index in [9.17, 15) is 9.59 Å². The molecule has 1 amide bonds. The van der Waals surface area contributed by atoms with Crippen molar-refractivity contribution >= 4 is 40.0 Å². The van der Waals surface area contributed by atoms with Gasteiger partial charge in [0.05, 0.1) is 30.1 Å². The van der Waals surface area contributed by atoms with Crippen molar-refractivity contribution in [3.05, 3.63) is 40.3 Å². The number of thiophene rings is 1. The zero-order valence-corrected chi connectivity index (χ0v) is 21.9. The van der Waals surface area contributed by atoms with Gasteiger partial charge in [-0.3, -0.25) is 4.79 Å². The molecule has 0 spiro atoms. The van der Waals surface area contributed by atoms with E-state index >= 15 is 0 Å². The van der Waals surface area contributed by atoms with Gasteiger partial charge in [0.2, 0.25) is 5.91 Å². The Bertz CT molecular complexity index is 1200. The number of ether oxygens (including phenoxy) is 2. The number of rotatable bonds is 9. The molecule has 0 fully saturated rings. The molecule has 2 heterocycles. The van der Waals surface area contributed by atoms with Crippen molar-refractivity contribution in [2.24, 2.45) is 7.05 Å². The summed E-state index contributed by atoms with van der Waals surface area (Å²) < 4.78 is 12.9. The number of hydrogen-bond acceptors (Lipinski definition) is 8. The van der Waals surface area contributed by atoms with Gasteiger partial charge in [0, 0.05) is 11.9 Å². The number of hydrogen-bond donors (Lipinski definition) is 1. The van der Waals surface area contributed by atoms with Gasteiger partial charge in [-0.25, -0.2) is 4.79 Å². The molecule has 0 saturated heterocycles. The number of thioether (sulfide) groups is 1. The monoisotopic (exact) mass is 514 g/mol. The average molecular weight is 515 g/mol. The number of amides is 1. The molecule has 0 unspecified atom stereocenters. The van der Waals surface area contributed by atoms with E-state index in [4.69, 9.17) is 9.47 Å². The van der Waals surface area contributed by atoms with E-state index in [1.165, 1.54) is 28.0 Å². The Kier molecular flexibility index (Phi) is 8.46. The van der Waals surface area contributed by atoms with Crippen molar-refractivity contribution in [1.29, 1.82) is 0 Å². The second kappa shape index (κ2) is 11.7. The number of aromatic nitrogens is 3. The average Bonchev–Trinajstić information content (AvgIpc) is 3.28. The number of nitrogens with zero attached hydrogens (tertiary/aromatic N) is 3. The largest absolute Gasteiger partial charge is 0.493 e. The van der Waals surface area contributed by atoms with E-state index < -0.39 is 0 Å². The summed E-state index contributed by atoms with van der Waals surface area (Å²) in [4.78, 5) is 26.8. The molecule has 3 aromatic rings. The Hall–Kier alpha value is -2.85. The van der Waals surface area contributed by atoms with E-state index in [1.807, 2.05) is 42.8 Å². The molecule has 1 aliphatic rings. The van der Waals surface area contributed by atoms with Crippen molar-refractivity contribution in [2.75, 3.05) is 24.3 Å². The molecule has 0 aliphatic heterocycles. The van der Waals surface area contributed by atoms with Crippen LogP contribution in [0.3, 0.4) is 0 Å². The summed E-state index contributed by atoms with van der Waals surface area (Å²) in [6, 6.07) is 7.68. The number of carbonyl (C=O) groups is 2. The summed E-state index contributed by atoms with van der Waals surface area (Å²) in [5.74, 6) is 0.994. The van der Waals surface area contributed by atoms with Gasteiger partial charge in [-0.1, -0.05) is 30.3 Å². The summed E-state index contributed by atoms with van der Waals surface area (Å²) >= 11 is 2.80. The van der Waals surface area contributed by atoms with Gasteiger partial charge in [0.1, 0.15) is 10.8 Å². The van der Waals surface area contributed by atoms with E-state index in [0.717, 1.165) is 49.0 Å². The number of aryl methyl sites for hydroxylation is 1. The van der Waals surface area contributed by atoms with Crippen LogP contribution in [-0.4, -0.2) is 45.6 Å². The minimum Gasteiger partial charge on any atom is -0.493 e. The number of para-hydroxylation sites is 1. The zero-order chi connectivity index (χ0) is 24.8. The third-order valence-corrected chi connectivity index (χ3v) is 7.98. The third-order valence-electron chi connectivity index (χ3n) is 5.75. The first-order valence-corrected chi connectivity index (χ1v) is 13.7. The van der Waals surface area contributed by atoms with Crippen molar-refractivity contribution in [3.8, 4) is 17.1 Å². The predicted molar refractivity (Wildman–Crippen MR) is 138 cm³/mol. The first-order valence-electron chi connectivity index (χ1n) is 11.9. The first kappa shape index (κ1) is 25.2. The molecule has 1 aromatic carbocycles. The maximum atomic E-state index is 12.9. The van der Waals surface area contributed by atoms with E-state index in [1.54, 1.807) is 6.92 Å². The van der Waals surface area contributed by atoms with E-state index in [2.05, 4.69) is 15.5 Å². The lowest BCUT2D eigenvalue weighted by atomic mass is 10.1. The fourth-order valence-corrected chi connectivity index (χ4v) is 6.16. The summed E-state index contributed by atoms with van der Waals surface area (Å²) in [6.45, 7) is 4.58. The molecule has 8 nitrogen and oxygen atoms in total. The first-order chi connectivity index (χ1) is 17.0. The van der Waals surface area contributed by atoms with Gasteiger partial charge >= 0.3 is 5.97 Å². The number of benzene rings is 1. The van der Waals surface area contributed by atoms with Crippen LogP contribution in [0.2, 0.25) is 0 Å². The summed E-state index contributed by atoms with van der Waals surface area (Å²) in [5, 5.41) is 12.8. The van der Waals surface area contributed by atoms with Crippen LogP contribution < -0.4 is 10.1 Å². The summed E-state index contributed by atoms with van der Waals surface area (Å²) in [7, 11) is 1.87. The quantitative estimate of drug-likeness (QED) is 0.241. The van der Waals surface area contributed by atoms with Crippen LogP contribution in [0.25, 0.3) is 11.4 Å². The van der Waals surface area contributed by atoms with Crippen LogP contribution in [0, 0.1) is 0 Å². The molecule has 0 saturated carbocycles. The van der Waals surface area contributed by atoms with Gasteiger partial charge in [-0.15, -0.1) is 21.5 Å². The van der Waals surface area contributed by atoms with Crippen molar-refractivity contribution in [2.45, 2.75) is 51.1 Å². The topological polar surface area (TPSA) is 95.3 Å². The van der Waals surface area contributed by atoms with Crippen LogP contribution in [0.15, 0.2) is 29.4 Å². The standard InChI is InChI=1S/C25H30N4O4S2/c1-4-32-18-13-10-9-11-16(18)22-27-28-25(29(22)3)34-15-20(30)26-23-21(24(31)33-5-2)17-12-7-6-8-14-19(17)35-23/h9-11,13H,4-8,12,14-15H2,1-3H3,(H,26,30). The minimum absolute atomic E-state index is 0.143. The molecule has 35 heavy (non-hydrogen) atoms. The molecule has 1 aliphatic carbocycles. The highest BCUT2D eigenvalue weighted by Gasteiger charge is 2.27. The molecule has 2 aromatic heterocycles. The van der Waals surface area contributed by atoms with Gasteiger partial charge < -0.3 is 19.4 Å². The van der Waals surface area contributed by atoms with Gasteiger partial charge in [0.25, 0.3) is 0 Å². The summed E-state index contributed by atoms with van der Waals surface area (Å²) in [5.41, 5.74) is 2.42. The Labute approximate surface area is 213 Å². The van der Waals surface area contributed by atoms with E-state index in [0.29, 0.717) is 34.8 Å². The summed E-state index contributed by atoms with van der Waals surface area (Å²) in [6.07, 6.45) is 5.06. The minimum atomic E-state index is -0.360. The van der Waals surface area contributed by atoms with Crippen molar-refractivity contribution in [1.82, 2.24) is 14.8 Å². The lowest BCUT2D eigenvalue weighted by Crippen LogP contribution is -2.17. The maximum Gasteiger partial charge on any atom is 0.341 e. The molecule has 0 radical (unpaired) electrons. The highest BCUT2D eigenvalue weighted by Crippen LogP contribution is 2.38. The Morgan fingerprint density at radius 3 is 2.71 bits per heavy atom. The SMILES string of the molecule is CCOC(=O)c1c(NC(=O)CSc2nnc(-c3ccccc3OCC)n2C)sc2c1CCCCC2. The number of nitrogens with one attached hydrogen (secondary N) is 1. The Balaban J connectivity index is 1.48. The number of fused-ring (bicyclic) bond motifs is 1. The molecule has 0 bridgehead atoms. The smallest absolute Gasteiger partial charge is 0.341 e. The number of carbonyl (C=O) groups excluding carboxylic acids is 2. The third kappa shape index (κ3) is 5.70. The van der Waals surface area contributed by atoms with Crippen LogP contribution in [0.1, 0.15) is 53.9 Å². The van der Waals surface area contributed by atoms with Gasteiger partial charge in [-0.05, 0) is 57.2 Å².